The summed E-state index contributed by atoms with van der Waals surface area (Å²) in [5, 5.41) is 3.43. The summed E-state index contributed by atoms with van der Waals surface area (Å²) in [5.74, 6) is 0.345. The molecule has 5 nitrogen and oxygen atoms in total. The molecule has 0 saturated carbocycles. The van der Waals surface area contributed by atoms with Gasteiger partial charge in [0.1, 0.15) is 5.75 Å². The van der Waals surface area contributed by atoms with E-state index in [1.54, 1.807) is 12.1 Å². The molecular formula is C21H29NO4S. The molecule has 6 heteroatoms. The quantitative estimate of drug-likeness (QED) is 0.463. The number of nitrogens with one attached hydrogen (secondary N) is 1. The fraction of sp³-hybridized carbons (Fsp3) is 0.429. The van der Waals surface area contributed by atoms with Crippen LogP contribution in [-0.2, 0) is 27.7 Å². The van der Waals surface area contributed by atoms with Crippen molar-refractivity contribution in [2.45, 2.75) is 39.2 Å². The highest BCUT2D eigenvalue weighted by Gasteiger charge is 2.04. The lowest BCUT2D eigenvalue weighted by atomic mass is 10.1. The molecule has 2 aromatic rings. The van der Waals surface area contributed by atoms with Crippen LogP contribution in [0.4, 0.5) is 5.69 Å². The van der Waals surface area contributed by atoms with Crippen molar-refractivity contribution in [3.05, 3.63) is 59.7 Å². The van der Waals surface area contributed by atoms with Crippen molar-refractivity contribution in [2.24, 2.45) is 0 Å². The molecule has 0 aromatic heterocycles. The first-order chi connectivity index (χ1) is 12.9. The third-order valence-corrected chi connectivity index (χ3v) is 4.57. The topological polar surface area (TPSA) is 64.6 Å². The average Bonchev–Trinajstić information content (AvgIpc) is 2.60. The van der Waals surface area contributed by atoms with E-state index in [-0.39, 0.29) is 6.10 Å². The molecule has 2 rings (SSSR count). The molecular weight excluding hydrogens is 362 g/mol. The monoisotopic (exact) mass is 391 g/mol. The van der Waals surface area contributed by atoms with Crippen LogP contribution in [0, 0.1) is 0 Å². The molecule has 0 unspecified atom stereocenters. The Morgan fingerprint density at radius 1 is 1.00 bits per heavy atom. The van der Waals surface area contributed by atoms with Gasteiger partial charge in [0.2, 0.25) is 0 Å². The van der Waals surface area contributed by atoms with Gasteiger partial charge in [-0.1, -0.05) is 24.3 Å². The Kier molecular flexibility index (Phi) is 8.13. The summed E-state index contributed by atoms with van der Waals surface area (Å²) in [6, 6.07) is 15.6. The van der Waals surface area contributed by atoms with E-state index in [0.717, 1.165) is 49.9 Å². The van der Waals surface area contributed by atoms with Crippen LogP contribution in [0.5, 0.6) is 5.75 Å². The summed E-state index contributed by atoms with van der Waals surface area (Å²) < 4.78 is 32.6. The first-order valence-electron chi connectivity index (χ1n) is 9.28. The van der Waals surface area contributed by atoms with E-state index in [4.69, 9.17) is 8.92 Å². The Labute approximate surface area is 162 Å². The third kappa shape index (κ3) is 8.45. The molecule has 0 saturated heterocycles. The molecule has 0 aliphatic rings. The smallest absolute Gasteiger partial charge is 0.306 e. The van der Waals surface area contributed by atoms with Crippen molar-refractivity contribution in [1.29, 1.82) is 0 Å². The summed E-state index contributed by atoms with van der Waals surface area (Å²) in [6.07, 6.45) is 4.10. The maximum Gasteiger partial charge on any atom is 0.306 e. The molecule has 1 atom stereocenters. The number of hydrogen-bond acceptors (Lipinski definition) is 5. The molecule has 0 radical (unpaired) electrons. The second-order valence-electron chi connectivity index (χ2n) is 6.63. The van der Waals surface area contributed by atoms with Crippen molar-refractivity contribution in [3.63, 3.8) is 0 Å². The average molecular weight is 392 g/mol. The van der Waals surface area contributed by atoms with Crippen molar-refractivity contribution in [1.82, 2.24) is 0 Å². The zero-order valence-corrected chi connectivity index (χ0v) is 17.1. The van der Waals surface area contributed by atoms with Gasteiger partial charge in [0.15, 0.2) is 0 Å². The predicted octanol–water partition coefficient (Wildman–Crippen LogP) is 4.04. The van der Waals surface area contributed by atoms with Gasteiger partial charge < -0.3 is 14.2 Å². The fourth-order valence-corrected chi connectivity index (χ4v) is 3.31. The van der Waals surface area contributed by atoms with E-state index >= 15 is 0 Å². The molecule has 0 amide bonds. The number of anilines is 1. The first kappa shape index (κ1) is 21.3. The van der Waals surface area contributed by atoms with Gasteiger partial charge in [0.05, 0.1) is 12.4 Å². The van der Waals surface area contributed by atoms with Crippen LogP contribution < -0.4 is 9.50 Å². The van der Waals surface area contributed by atoms with E-state index in [2.05, 4.69) is 36.5 Å². The summed E-state index contributed by atoms with van der Waals surface area (Å²) in [5.41, 5.74) is 3.54. The zero-order valence-electron chi connectivity index (χ0n) is 16.3. The van der Waals surface area contributed by atoms with E-state index in [9.17, 15) is 8.42 Å². The molecule has 1 N–H and O–H groups in total. The molecule has 0 spiro atoms. The molecule has 148 valence electrons. The van der Waals surface area contributed by atoms with Crippen LogP contribution in [0.15, 0.2) is 48.5 Å². The Hall–Kier alpha value is -2.05. The van der Waals surface area contributed by atoms with Gasteiger partial charge >= 0.3 is 10.1 Å². The van der Waals surface area contributed by atoms with Crippen molar-refractivity contribution in [2.75, 3.05) is 24.7 Å². The van der Waals surface area contributed by atoms with Crippen LogP contribution in [-0.4, -0.2) is 33.9 Å². The molecule has 0 aliphatic carbocycles. The number of hydrogen-bond donors (Lipinski definition) is 1. The van der Waals surface area contributed by atoms with E-state index < -0.39 is 10.1 Å². The maximum atomic E-state index is 11.1. The lowest BCUT2D eigenvalue weighted by molar-refractivity contribution is 0.0768. The third-order valence-electron chi connectivity index (χ3n) is 4.07. The summed E-state index contributed by atoms with van der Waals surface area (Å²) in [7, 11) is -3.47. The van der Waals surface area contributed by atoms with Gasteiger partial charge in [0.25, 0.3) is 0 Å². The second-order valence-corrected chi connectivity index (χ2v) is 8.20. The Morgan fingerprint density at radius 3 is 2.22 bits per heavy atom. The number of ether oxygens (including phenoxy) is 1. The highest BCUT2D eigenvalue weighted by Crippen LogP contribution is 2.16. The van der Waals surface area contributed by atoms with Crippen LogP contribution in [0.1, 0.15) is 31.4 Å². The highest BCUT2D eigenvalue weighted by atomic mass is 32.2. The predicted molar refractivity (Wildman–Crippen MR) is 110 cm³/mol. The van der Waals surface area contributed by atoms with E-state index in [1.807, 2.05) is 19.1 Å². The molecule has 0 fully saturated rings. The van der Waals surface area contributed by atoms with Gasteiger partial charge in [-0.15, -0.1) is 0 Å². The SMILES string of the molecule is CCO[C@H](C)Cc1ccc(NCCCc2ccc(OS(C)(=O)=O)cc2)cc1. The minimum Gasteiger partial charge on any atom is -0.385 e. The molecule has 2 aromatic carbocycles. The second kappa shape index (κ2) is 10.3. The Balaban J connectivity index is 1.72. The maximum absolute atomic E-state index is 11.1. The standard InChI is InChI=1S/C21H29NO4S/c1-4-25-17(2)16-19-7-11-20(12-8-19)22-15-5-6-18-9-13-21(14-10-18)26-27(3,23)24/h7-14,17,22H,4-6,15-16H2,1-3H3/t17-/m1/s1. The van der Waals surface area contributed by atoms with Crippen LogP contribution in [0.2, 0.25) is 0 Å². The van der Waals surface area contributed by atoms with E-state index in [1.165, 1.54) is 5.56 Å². The summed E-state index contributed by atoms with van der Waals surface area (Å²) >= 11 is 0. The van der Waals surface area contributed by atoms with Gasteiger partial charge in [0, 0.05) is 18.8 Å². The minimum atomic E-state index is -3.47. The van der Waals surface area contributed by atoms with Crippen molar-refractivity contribution < 1.29 is 17.3 Å². The van der Waals surface area contributed by atoms with Gasteiger partial charge in [-0.25, -0.2) is 0 Å². The van der Waals surface area contributed by atoms with Crippen LogP contribution in [0.3, 0.4) is 0 Å². The molecule has 0 aliphatic heterocycles. The summed E-state index contributed by atoms with van der Waals surface area (Å²) in [4.78, 5) is 0. The lowest BCUT2D eigenvalue weighted by Crippen LogP contribution is -2.11. The zero-order chi connectivity index (χ0) is 19.7. The number of benzene rings is 2. The van der Waals surface area contributed by atoms with Gasteiger partial charge in [-0.05, 0) is 68.5 Å². The first-order valence-corrected chi connectivity index (χ1v) is 11.1. The van der Waals surface area contributed by atoms with Gasteiger partial charge in [-0.2, -0.15) is 8.42 Å². The lowest BCUT2D eigenvalue weighted by Gasteiger charge is -2.12. The molecule has 0 heterocycles. The number of rotatable bonds is 11. The highest BCUT2D eigenvalue weighted by molar-refractivity contribution is 7.86. The molecule has 0 bridgehead atoms. The molecule has 27 heavy (non-hydrogen) atoms. The van der Waals surface area contributed by atoms with Crippen LogP contribution in [0.25, 0.3) is 0 Å². The normalized spacial score (nSPS) is 12.6. The van der Waals surface area contributed by atoms with Crippen LogP contribution >= 0.6 is 0 Å². The largest absolute Gasteiger partial charge is 0.385 e. The van der Waals surface area contributed by atoms with Crippen molar-refractivity contribution >= 4 is 15.8 Å². The Morgan fingerprint density at radius 2 is 1.63 bits per heavy atom. The summed E-state index contributed by atoms with van der Waals surface area (Å²) in [6.45, 7) is 5.72. The fourth-order valence-electron chi connectivity index (χ4n) is 2.85. The Bertz CT molecular complexity index is 786. The van der Waals surface area contributed by atoms with Gasteiger partial charge in [-0.3, -0.25) is 0 Å². The minimum absolute atomic E-state index is 0.239. The van der Waals surface area contributed by atoms with E-state index in [0.29, 0.717) is 5.75 Å². The number of aryl methyl sites for hydroxylation is 1. The van der Waals surface area contributed by atoms with Crippen molar-refractivity contribution in [3.8, 4) is 5.75 Å².